The number of nitrogens with zero attached hydrogens (tertiary/aromatic N) is 2. The minimum Gasteiger partial charge on any atom is -0.480 e. The van der Waals surface area contributed by atoms with Crippen molar-refractivity contribution in [2.45, 2.75) is 0 Å². The Morgan fingerprint density at radius 1 is 1.67 bits per heavy atom. The lowest BCUT2D eigenvalue weighted by Crippen LogP contribution is -2.22. The lowest BCUT2D eigenvalue weighted by Gasteiger charge is -2.03. The third-order valence-corrected chi connectivity index (χ3v) is 1.69. The van der Waals surface area contributed by atoms with Crippen LogP contribution in [0.3, 0.4) is 0 Å². The molecule has 12 heavy (non-hydrogen) atoms. The van der Waals surface area contributed by atoms with Gasteiger partial charge in [0.15, 0.2) is 5.92 Å². The third kappa shape index (κ3) is 1.61. The van der Waals surface area contributed by atoms with Crippen molar-refractivity contribution in [3.05, 3.63) is 28.8 Å². The van der Waals surface area contributed by atoms with Gasteiger partial charge in [-0.2, -0.15) is 4.79 Å². The van der Waals surface area contributed by atoms with Crippen LogP contribution in [-0.4, -0.2) is 21.6 Å². The van der Waals surface area contributed by atoms with Crippen molar-refractivity contribution in [2.24, 2.45) is 5.92 Å². The van der Waals surface area contributed by atoms with Gasteiger partial charge < -0.3 is 10.6 Å². The van der Waals surface area contributed by atoms with Gasteiger partial charge in [-0.05, 0) is 12.2 Å². The summed E-state index contributed by atoms with van der Waals surface area (Å²) in [6, 6.07) is 0. The summed E-state index contributed by atoms with van der Waals surface area (Å²) in [5.74, 6) is -2.04. The van der Waals surface area contributed by atoms with Crippen LogP contribution < -0.4 is 0 Å². The summed E-state index contributed by atoms with van der Waals surface area (Å²) < 4.78 is 0. The summed E-state index contributed by atoms with van der Waals surface area (Å²) in [4.78, 5) is 13.4. The highest BCUT2D eigenvalue weighted by Crippen LogP contribution is 2.16. The van der Waals surface area contributed by atoms with Gasteiger partial charge in [0.05, 0.1) is 0 Å². The van der Waals surface area contributed by atoms with Gasteiger partial charge in [-0.25, -0.2) is 0 Å². The topological polar surface area (TPSA) is 73.7 Å². The van der Waals surface area contributed by atoms with Crippen LogP contribution in [0.1, 0.15) is 0 Å². The van der Waals surface area contributed by atoms with E-state index in [9.17, 15) is 4.79 Å². The van der Waals surface area contributed by atoms with Crippen molar-refractivity contribution < 1.29 is 14.7 Å². The molecule has 0 saturated carbocycles. The molecule has 1 unspecified atom stereocenters. The molecule has 0 spiro atoms. The number of carbonyl (C=O) groups is 1. The molecule has 0 bridgehead atoms. The Labute approximate surface area is 73.4 Å². The van der Waals surface area contributed by atoms with Crippen molar-refractivity contribution in [2.75, 3.05) is 0 Å². The van der Waals surface area contributed by atoms with Crippen molar-refractivity contribution in [1.29, 1.82) is 0 Å². The normalized spacial score (nSPS) is 21.6. The van der Waals surface area contributed by atoms with E-state index in [4.69, 9.17) is 22.2 Å². The van der Waals surface area contributed by atoms with Crippen molar-refractivity contribution in [1.82, 2.24) is 0 Å². The van der Waals surface area contributed by atoms with Gasteiger partial charge in [-0.15, -0.1) is 0 Å². The van der Waals surface area contributed by atoms with Crippen molar-refractivity contribution >= 4 is 23.3 Å². The molecule has 0 aromatic carbocycles. The molecular weight excluding hydrogens is 180 g/mol. The first-order valence-corrected chi connectivity index (χ1v) is 3.53. The third-order valence-electron chi connectivity index (χ3n) is 1.44. The Kier molecular flexibility index (Phi) is 2.43. The van der Waals surface area contributed by atoms with Crippen LogP contribution in [0.4, 0.5) is 0 Å². The SMILES string of the molecule is [N-]=[N+]=C1C=CC(Cl)=CC1C(=O)O. The van der Waals surface area contributed by atoms with E-state index < -0.39 is 11.9 Å². The number of hydrogen-bond acceptors (Lipinski definition) is 1. The first-order chi connectivity index (χ1) is 5.65. The summed E-state index contributed by atoms with van der Waals surface area (Å²) >= 11 is 5.55. The Hall–Kier alpha value is -1.38. The Morgan fingerprint density at radius 3 is 2.83 bits per heavy atom. The lowest BCUT2D eigenvalue weighted by atomic mass is 9.99. The minimum absolute atomic E-state index is 0.0758. The molecule has 4 nitrogen and oxygen atoms in total. The molecule has 0 saturated heterocycles. The van der Waals surface area contributed by atoms with E-state index in [0.29, 0.717) is 5.03 Å². The maximum Gasteiger partial charge on any atom is 0.322 e. The van der Waals surface area contributed by atoms with Gasteiger partial charge in [0.25, 0.3) is 0 Å². The number of rotatable bonds is 1. The van der Waals surface area contributed by atoms with Gasteiger partial charge in [0.2, 0.25) is 0 Å². The zero-order valence-electron chi connectivity index (χ0n) is 5.94. The molecule has 0 radical (unpaired) electrons. The van der Waals surface area contributed by atoms with Crippen LogP contribution in [0.15, 0.2) is 23.3 Å². The summed E-state index contributed by atoms with van der Waals surface area (Å²) in [6.07, 6.45) is 4.14. The number of halogens is 1. The van der Waals surface area contributed by atoms with E-state index in [-0.39, 0.29) is 5.71 Å². The molecule has 1 rings (SSSR count). The molecule has 0 aromatic heterocycles. The fourth-order valence-electron chi connectivity index (χ4n) is 0.862. The Morgan fingerprint density at radius 2 is 2.33 bits per heavy atom. The zero-order chi connectivity index (χ0) is 9.14. The summed E-state index contributed by atoms with van der Waals surface area (Å²) in [5.41, 5.74) is 8.47. The molecular formula is C7H5ClN2O2. The van der Waals surface area contributed by atoms with Crippen molar-refractivity contribution in [3.8, 4) is 0 Å². The average molecular weight is 185 g/mol. The van der Waals surface area contributed by atoms with E-state index in [1.54, 1.807) is 0 Å². The van der Waals surface area contributed by atoms with E-state index >= 15 is 0 Å². The number of allylic oxidation sites excluding steroid dienone is 3. The summed E-state index contributed by atoms with van der Waals surface area (Å²) in [6.45, 7) is 0. The zero-order valence-corrected chi connectivity index (χ0v) is 6.69. The quantitative estimate of drug-likeness (QED) is 0.489. The van der Waals surface area contributed by atoms with Crippen LogP contribution in [0.2, 0.25) is 0 Å². The van der Waals surface area contributed by atoms with Crippen molar-refractivity contribution in [3.63, 3.8) is 0 Å². The van der Waals surface area contributed by atoms with Crippen LogP contribution in [0.25, 0.3) is 5.53 Å². The van der Waals surface area contributed by atoms with E-state index in [1.807, 2.05) is 0 Å². The van der Waals surface area contributed by atoms with Gasteiger partial charge in [-0.1, -0.05) is 11.6 Å². The fourth-order valence-corrected chi connectivity index (χ4v) is 1.05. The second-order valence-electron chi connectivity index (χ2n) is 2.23. The van der Waals surface area contributed by atoms with Gasteiger partial charge in [0.1, 0.15) is 0 Å². The highest BCUT2D eigenvalue weighted by atomic mass is 35.5. The maximum atomic E-state index is 10.5. The molecule has 1 aliphatic rings. The average Bonchev–Trinajstić information content (AvgIpc) is 2.04. The molecule has 1 atom stereocenters. The number of carboxylic acids is 1. The summed E-state index contributed by atoms with van der Waals surface area (Å²) in [7, 11) is 0. The first kappa shape index (κ1) is 8.71. The molecule has 1 aliphatic carbocycles. The van der Waals surface area contributed by atoms with Crippen LogP contribution in [-0.2, 0) is 4.79 Å². The highest BCUT2D eigenvalue weighted by Gasteiger charge is 2.29. The van der Waals surface area contributed by atoms with E-state index in [0.717, 1.165) is 0 Å². The Bertz CT molecular complexity index is 326. The Balaban J connectivity index is 3.06. The summed E-state index contributed by atoms with van der Waals surface area (Å²) in [5, 5.41) is 8.96. The smallest absolute Gasteiger partial charge is 0.322 e. The largest absolute Gasteiger partial charge is 0.480 e. The first-order valence-electron chi connectivity index (χ1n) is 3.15. The van der Waals surface area contributed by atoms with Crippen LogP contribution in [0, 0.1) is 5.92 Å². The van der Waals surface area contributed by atoms with E-state index in [2.05, 4.69) is 4.79 Å². The molecule has 5 heteroatoms. The molecule has 0 aromatic rings. The predicted octanol–water partition coefficient (Wildman–Crippen LogP) is 1.05. The second kappa shape index (κ2) is 3.34. The second-order valence-corrected chi connectivity index (χ2v) is 2.66. The number of aliphatic carboxylic acids is 1. The molecule has 1 N–H and O–H groups in total. The van der Waals surface area contributed by atoms with Gasteiger partial charge in [0, 0.05) is 11.1 Å². The molecule has 0 amide bonds. The van der Waals surface area contributed by atoms with Crippen LogP contribution >= 0.6 is 11.6 Å². The van der Waals surface area contributed by atoms with Gasteiger partial charge >= 0.3 is 11.7 Å². The minimum atomic E-state index is -1.09. The molecule has 0 heterocycles. The number of carboxylic acid groups (broad SMARTS) is 1. The maximum absolute atomic E-state index is 10.5. The lowest BCUT2D eigenvalue weighted by molar-refractivity contribution is -0.139. The predicted molar refractivity (Wildman–Crippen MR) is 42.8 cm³/mol. The molecule has 62 valence electrons. The fraction of sp³-hybridized carbons (Fsp3) is 0.143. The van der Waals surface area contributed by atoms with Crippen LogP contribution in [0.5, 0.6) is 0 Å². The number of hydrogen-bond donors (Lipinski definition) is 1. The molecule has 0 aliphatic heterocycles. The molecule has 0 fully saturated rings. The standard InChI is InChI=1S/C7H5ClN2O2/c8-4-1-2-6(10-9)5(3-4)7(11)12/h1-3,5H,(H,11,12). The highest BCUT2D eigenvalue weighted by molar-refractivity contribution is 6.32. The monoisotopic (exact) mass is 184 g/mol. The van der Waals surface area contributed by atoms with E-state index in [1.165, 1.54) is 18.2 Å². The van der Waals surface area contributed by atoms with Gasteiger partial charge in [-0.3, -0.25) is 4.79 Å².